The van der Waals surface area contributed by atoms with E-state index in [1.54, 1.807) is 6.07 Å². The summed E-state index contributed by atoms with van der Waals surface area (Å²) < 4.78 is 27.1. The van der Waals surface area contributed by atoms with Crippen molar-refractivity contribution in [3.8, 4) is 5.75 Å². The van der Waals surface area contributed by atoms with Gasteiger partial charge in [0.1, 0.15) is 12.4 Å². The van der Waals surface area contributed by atoms with Crippen LogP contribution in [-0.4, -0.2) is 13.4 Å². The molecule has 2 rings (SSSR count). The van der Waals surface area contributed by atoms with Gasteiger partial charge in [0.05, 0.1) is 0 Å². The lowest BCUT2D eigenvalue weighted by Gasteiger charge is -2.05. The predicted octanol–water partition coefficient (Wildman–Crippen LogP) is 2.00. The molecule has 1 N–H and O–H groups in total. The summed E-state index contributed by atoms with van der Waals surface area (Å²) >= 11 is 0. The van der Waals surface area contributed by atoms with Gasteiger partial charge in [-0.05, 0) is 11.6 Å². The van der Waals surface area contributed by atoms with Gasteiger partial charge in [-0.25, -0.2) is 0 Å². The molecule has 0 saturated heterocycles. The zero-order valence-electron chi connectivity index (χ0n) is 8.96. The normalized spacial score (nSPS) is 9.88. The number of ether oxygens (including phenoxy) is 1. The molecule has 2 aromatic rings. The minimum Gasteiger partial charge on any atom is -0.489 e. The second-order valence-corrected chi connectivity index (χ2v) is 4.31. The molecular weight excluding hydrogens is 238 g/mol. The molecule has 0 amide bonds. The van der Waals surface area contributed by atoms with Crippen molar-refractivity contribution < 1.29 is 13.2 Å². The monoisotopic (exact) mass is 249 g/mol. The van der Waals surface area contributed by atoms with Gasteiger partial charge in [-0.3, -0.25) is 0 Å². The lowest BCUT2D eigenvalue weighted by atomic mass is 10.2. The third kappa shape index (κ3) is 3.22. The van der Waals surface area contributed by atoms with E-state index in [-0.39, 0.29) is 4.64 Å². The van der Waals surface area contributed by atoms with Gasteiger partial charge < -0.3 is 9.72 Å². The Morgan fingerprint density at radius 1 is 1.12 bits per heavy atom. The maximum Gasteiger partial charge on any atom is 0.238 e. The first-order chi connectivity index (χ1) is 8.25. The Labute approximate surface area is 100 Å². The molecule has 0 bridgehead atoms. The molecule has 1 aromatic carbocycles. The molecule has 0 radical (unpaired) electrons. The van der Waals surface area contributed by atoms with E-state index in [1.807, 2.05) is 30.3 Å². The highest BCUT2D eigenvalue weighted by Gasteiger charge is 1.95. The van der Waals surface area contributed by atoms with E-state index in [1.165, 1.54) is 12.3 Å². The fraction of sp³-hybridized carbons (Fsp3) is 0.0833. The molecule has 5 heteroatoms. The minimum absolute atomic E-state index is 0.107. The quantitative estimate of drug-likeness (QED) is 0.846. The van der Waals surface area contributed by atoms with E-state index in [2.05, 4.69) is 4.98 Å². The van der Waals surface area contributed by atoms with Gasteiger partial charge in [-0.1, -0.05) is 30.3 Å². The van der Waals surface area contributed by atoms with Crippen LogP contribution in [0.1, 0.15) is 5.56 Å². The maximum absolute atomic E-state index is 10.7. The first kappa shape index (κ1) is 11.5. The van der Waals surface area contributed by atoms with E-state index in [0.29, 0.717) is 12.4 Å². The van der Waals surface area contributed by atoms with Crippen LogP contribution < -0.4 is 4.74 Å². The molecule has 0 fully saturated rings. The molecule has 0 atom stereocenters. The van der Waals surface area contributed by atoms with Crippen molar-refractivity contribution in [2.24, 2.45) is 0 Å². The number of hydrogen-bond acceptors (Lipinski definition) is 3. The van der Waals surface area contributed by atoms with Gasteiger partial charge in [0.25, 0.3) is 0 Å². The van der Waals surface area contributed by atoms with E-state index in [0.717, 1.165) is 5.56 Å². The lowest BCUT2D eigenvalue weighted by molar-refractivity contribution is 0.305. The van der Waals surface area contributed by atoms with Gasteiger partial charge in [0.2, 0.25) is 10.3 Å². The standard InChI is InChI=1S/C12H11NO3S/c14-17(15)12-8-11(6-7-13-12)16-9-10-4-2-1-3-5-10/h1-8,13H,9H2. The van der Waals surface area contributed by atoms with Gasteiger partial charge >= 0.3 is 0 Å². The molecule has 0 aliphatic heterocycles. The lowest BCUT2D eigenvalue weighted by Crippen LogP contribution is -1.95. The zero-order valence-corrected chi connectivity index (χ0v) is 9.78. The van der Waals surface area contributed by atoms with Crippen LogP contribution in [-0.2, 0) is 16.9 Å². The van der Waals surface area contributed by atoms with E-state index >= 15 is 0 Å². The van der Waals surface area contributed by atoms with Crippen LogP contribution in [0.2, 0.25) is 0 Å². The molecule has 1 aromatic heterocycles. The highest BCUT2D eigenvalue weighted by molar-refractivity contribution is 7.63. The number of rotatable bonds is 3. The molecule has 1 heterocycles. The van der Waals surface area contributed by atoms with Crippen LogP contribution in [0.25, 0.3) is 0 Å². The minimum atomic E-state index is -2.27. The second kappa shape index (κ2) is 5.36. The fourth-order valence-electron chi connectivity index (χ4n) is 1.35. The van der Waals surface area contributed by atoms with Gasteiger partial charge in [0, 0.05) is 12.3 Å². The number of aromatic nitrogens is 1. The first-order valence-corrected chi connectivity index (χ1v) is 6.11. The summed E-state index contributed by atoms with van der Waals surface area (Å²) in [4.78, 5) is 2.61. The van der Waals surface area contributed by atoms with Gasteiger partial charge in [-0.15, -0.1) is 0 Å². The Morgan fingerprint density at radius 2 is 1.88 bits per heavy atom. The predicted molar refractivity (Wildman–Crippen MR) is 63.7 cm³/mol. The molecule has 88 valence electrons. The number of hydrogen-bond donors (Lipinski definition) is 1. The summed E-state index contributed by atoms with van der Waals surface area (Å²) in [5.41, 5.74) is 1.03. The molecule has 0 saturated carbocycles. The van der Waals surface area contributed by atoms with Crippen molar-refractivity contribution in [1.82, 2.24) is 4.98 Å². The van der Waals surface area contributed by atoms with Crippen LogP contribution in [0.3, 0.4) is 0 Å². The maximum atomic E-state index is 10.7. The highest BCUT2D eigenvalue weighted by atomic mass is 32.2. The molecule has 17 heavy (non-hydrogen) atoms. The number of aromatic amines is 1. The molecule has 0 aliphatic carbocycles. The van der Waals surface area contributed by atoms with Crippen molar-refractivity contribution in [2.45, 2.75) is 6.61 Å². The Bertz CT molecular complexity index is 651. The summed E-state index contributed by atoms with van der Waals surface area (Å²) in [6.07, 6.45) is 1.53. The van der Waals surface area contributed by atoms with Crippen LogP contribution in [0, 0.1) is 4.64 Å². The summed E-state index contributed by atoms with van der Waals surface area (Å²) in [6, 6.07) is 12.8. The second-order valence-electron chi connectivity index (χ2n) is 3.40. The van der Waals surface area contributed by atoms with Gasteiger partial charge in [-0.2, -0.15) is 8.42 Å². The molecule has 4 nitrogen and oxygen atoms in total. The number of nitrogens with one attached hydrogen (secondary N) is 1. The van der Waals surface area contributed by atoms with Crippen LogP contribution in [0.5, 0.6) is 5.75 Å². The Morgan fingerprint density at radius 3 is 2.59 bits per heavy atom. The first-order valence-electron chi connectivity index (χ1n) is 5.03. The average molecular weight is 249 g/mol. The summed E-state index contributed by atoms with van der Waals surface area (Å²) in [6.45, 7) is 0.412. The Kier molecular flexibility index (Phi) is 3.62. The van der Waals surface area contributed by atoms with Crippen LogP contribution >= 0.6 is 0 Å². The summed E-state index contributed by atoms with van der Waals surface area (Å²) in [5.74, 6) is 0.520. The van der Waals surface area contributed by atoms with E-state index < -0.39 is 10.3 Å². The molecule has 0 spiro atoms. The van der Waals surface area contributed by atoms with E-state index in [9.17, 15) is 8.42 Å². The van der Waals surface area contributed by atoms with Crippen molar-refractivity contribution in [3.05, 3.63) is 58.9 Å². The summed E-state index contributed by atoms with van der Waals surface area (Å²) in [7, 11) is -2.27. The van der Waals surface area contributed by atoms with Crippen LogP contribution in [0.4, 0.5) is 0 Å². The SMILES string of the molecule is O=S(=O)=c1cc(OCc2ccccc2)cc[nH]1. The number of pyridine rings is 1. The third-order valence-electron chi connectivity index (χ3n) is 2.17. The average Bonchev–Trinajstić information content (AvgIpc) is 2.38. The number of H-pyrrole nitrogens is 1. The zero-order chi connectivity index (χ0) is 12.1. The Hall–Kier alpha value is -2.01. The highest BCUT2D eigenvalue weighted by Crippen LogP contribution is 2.10. The number of benzene rings is 1. The summed E-state index contributed by atoms with van der Waals surface area (Å²) in [5, 5.41) is 0. The largest absolute Gasteiger partial charge is 0.489 e. The third-order valence-corrected chi connectivity index (χ3v) is 2.77. The van der Waals surface area contributed by atoms with E-state index in [4.69, 9.17) is 4.74 Å². The van der Waals surface area contributed by atoms with Crippen molar-refractivity contribution >= 4 is 10.3 Å². The topological polar surface area (TPSA) is 59.2 Å². The molecular formula is C12H11NO3S. The molecule has 0 unspecified atom stereocenters. The fourth-order valence-corrected chi connectivity index (χ4v) is 1.73. The molecule has 0 aliphatic rings. The Balaban J connectivity index is 2.16. The van der Waals surface area contributed by atoms with Crippen LogP contribution in [0.15, 0.2) is 48.7 Å². The van der Waals surface area contributed by atoms with Crippen molar-refractivity contribution in [1.29, 1.82) is 0 Å². The van der Waals surface area contributed by atoms with Gasteiger partial charge in [0.15, 0.2) is 4.64 Å². The smallest absolute Gasteiger partial charge is 0.238 e. The van der Waals surface area contributed by atoms with Crippen molar-refractivity contribution in [2.75, 3.05) is 0 Å². The van der Waals surface area contributed by atoms with Crippen molar-refractivity contribution in [3.63, 3.8) is 0 Å².